The van der Waals surface area contributed by atoms with Gasteiger partial charge in [-0.1, -0.05) is 13.0 Å². The van der Waals surface area contributed by atoms with Gasteiger partial charge in [0, 0.05) is 44.0 Å². The molecule has 0 saturated carbocycles. The van der Waals surface area contributed by atoms with Crippen molar-refractivity contribution in [3.05, 3.63) is 24.3 Å². The molecule has 2 saturated heterocycles. The van der Waals surface area contributed by atoms with Crippen molar-refractivity contribution < 1.29 is 4.74 Å². The molecule has 0 spiro atoms. The molecule has 2 aliphatic rings. The quantitative estimate of drug-likeness (QED) is 0.504. The average Bonchev–Trinajstić information content (AvgIpc) is 2.80. The van der Waals surface area contributed by atoms with Gasteiger partial charge in [0.15, 0.2) is 5.96 Å². The van der Waals surface area contributed by atoms with E-state index in [0.717, 1.165) is 43.8 Å². The van der Waals surface area contributed by atoms with Gasteiger partial charge in [-0.2, -0.15) is 0 Å². The molecule has 168 valence electrons. The maximum atomic E-state index is 5.40. The van der Waals surface area contributed by atoms with Gasteiger partial charge in [-0.15, -0.1) is 0 Å². The Hall–Kier alpha value is -1.95. The number of aliphatic imine (C=N–C) groups is 1. The molecule has 0 radical (unpaired) electrons. The Morgan fingerprint density at radius 1 is 1.17 bits per heavy atom. The van der Waals surface area contributed by atoms with Crippen molar-refractivity contribution >= 4 is 11.6 Å². The zero-order valence-corrected chi connectivity index (χ0v) is 19.2. The number of likely N-dealkylation sites (tertiary alicyclic amines) is 1. The maximum absolute atomic E-state index is 5.40. The van der Waals surface area contributed by atoms with Crippen molar-refractivity contribution in [3.63, 3.8) is 0 Å². The van der Waals surface area contributed by atoms with Crippen LogP contribution in [0.5, 0.6) is 5.75 Å². The second-order valence-electron chi connectivity index (χ2n) is 8.56. The molecule has 1 aromatic rings. The van der Waals surface area contributed by atoms with E-state index in [9.17, 15) is 0 Å². The largest absolute Gasteiger partial charge is 0.497 e. The number of rotatable bonds is 8. The standard InChI is InChI=1S/C24H41N5O/c1-4-25-24(26-14-11-20-12-16-28(5-2)17-13-20)27-21-8-7-15-29(19-21)22-9-6-10-23(18-22)30-3/h6,9-10,18,20-21H,4-5,7-8,11-17,19H2,1-3H3,(H2,25,26,27). The lowest BCUT2D eigenvalue weighted by atomic mass is 9.94. The van der Waals surface area contributed by atoms with Crippen LogP contribution < -0.4 is 20.3 Å². The molecule has 0 aliphatic carbocycles. The van der Waals surface area contributed by atoms with Crippen LogP contribution in [-0.2, 0) is 0 Å². The fraction of sp³-hybridized carbons (Fsp3) is 0.708. The molecule has 6 nitrogen and oxygen atoms in total. The number of guanidine groups is 1. The third kappa shape index (κ3) is 6.79. The first-order valence-corrected chi connectivity index (χ1v) is 11.9. The Labute approximate surface area is 183 Å². The number of piperidine rings is 2. The number of hydrogen-bond donors (Lipinski definition) is 2. The second kappa shape index (κ2) is 12.0. The van der Waals surface area contributed by atoms with Gasteiger partial charge in [-0.3, -0.25) is 4.99 Å². The van der Waals surface area contributed by atoms with Gasteiger partial charge < -0.3 is 25.2 Å². The van der Waals surface area contributed by atoms with Gasteiger partial charge in [0.05, 0.1) is 7.11 Å². The molecule has 1 atom stereocenters. The predicted octanol–water partition coefficient (Wildman–Crippen LogP) is 3.34. The summed E-state index contributed by atoms with van der Waals surface area (Å²) in [4.78, 5) is 9.92. The van der Waals surface area contributed by atoms with Crippen molar-refractivity contribution in [2.24, 2.45) is 10.9 Å². The molecule has 2 heterocycles. The summed E-state index contributed by atoms with van der Waals surface area (Å²) < 4.78 is 5.40. The normalized spacial score (nSPS) is 21.5. The highest BCUT2D eigenvalue weighted by molar-refractivity contribution is 5.80. The highest BCUT2D eigenvalue weighted by Gasteiger charge is 2.22. The SMILES string of the molecule is CCNC(=NCCC1CCN(CC)CC1)NC1CCCN(c2cccc(OC)c2)C1. The van der Waals surface area contributed by atoms with E-state index in [-0.39, 0.29) is 0 Å². The summed E-state index contributed by atoms with van der Waals surface area (Å²) >= 11 is 0. The van der Waals surface area contributed by atoms with E-state index in [1.54, 1.807) is 7.11 Å². The van der Waals surface area contributed by atoms with Gasteiger partial charge in [-0.25, -0.2) is 0 Å². The number of ether oxygens (including phenoxy) is 1. The minimum Gasteiger partial charge on any atom is -0.497 e. The summed E-state index contributed by atoms with van der Waals surface area (Å²) in [6, 6.07) is 8.79. The molecule has 1 aromatic carbocycles. The monoisotopic (exact) mass is 415 g/mol. The first-order valence-electron chi connectivity index (χ1n) is 11.9. The van der Waals surface area contributed by atoms with Crippen molar-refractivity contribution in [3.8, 4) is 5.75 Å². The van der Waals surface area contributed by atoms with Crippen LogP contribution in [0.25, 0.3) is 0 Å². The van der Waals surface area contributed by atoms with Crippen LogP contribution in [0.1, 0.15) is 46.0 Å². The third-order valence-corrected chi connectivity index (χ3v) is 6.49. The molecular weight excluding hydrogens is 374 g/mol. The van der Waals surface area contributed by atoms with E-state index < -0.39 is 0 Å². The Morgan fingerprint density at radius 2 is 2.00 bits per heavy atom. The van der Waals surface area contributed by atoms with Crippen LogP contribution >= 0.6 is 0 Å². The molecule has 2 aliphatic heterocycles. The van der Waals surface area contributed by atoms with E-state index in [0.29, 0.717) is 6.04 Å². The lowest BCUT2D eigenvalue weighted by Crippen LogP contribution is -2.51. The summed E-state index contributed by atoms with van der Waals surface area (Å²) in [5.41, 5.74) is 1.24. The summed E-state index contributed by atoms with van der Waals surface area (Å²) in [7, 11) is 1.73. The Kier molecular flexibility index (Phi) is 9.12. The van der Waals surface area contributed by atoms with Crippen molar-refractivity contribution in [1.29, 1.82) is 0 Å². The first kappa shape index (κ1) is 22.7. The lowest BCUT2D eigenvalue weighted by molar-refractivity contribution is 0.188. The van der Waals surface area contributed by atoms with E-state index in [2.05, 4.69) is 52.5 Å². The molecular formula is C24H41N5O. The molecule has 0 bridgehead atoms. The van der Waals surface area contributed by atoms with Gasteiger partial charge in [0.2, 0.25) is 0 Å². The molecule has 0 amide bonds. The average molecular weight is 416 g/mol. The Bertz CT molecular complexity index is 657. The molecule has 6 heteroatoms. The zero-order chi connectivity index (χ0) is 21.2. The smallest absolute Gasteiger partial charge is 0.191 e. The van der Waals surface area contributed by atoms with E-state index >= 15 is 0 Å². The molecule has 30 heavy (non-hydrogen) atoms. The summed E-state index contributed by atoms with van der Waals surface area (Å²) in [6.07, 6.45) is 6.22. The van der Waals surface area contributed by atoms with Crippen LogP contribution in [0.15, 0.2) is 29.3 Å². The number of nitrogens with zero attached hydrogens (tertiary/aromatic N) is 3. The van der Waals surface area contributed by atoms with Crippen molar-refractivity contribution in [2.45, 2.75) is 52.0 Å². The summed E-state index contributed by atoms with van der Waals surface area (Å²) in [5.74, 6) is 2.72. The second-order valence-corrected chi connectivity index (χ2v) is 8.56. The Morgan fingerprint density at radius 3 is 2.73 bits per heavy atom. The Balaban J connectivity index is 1.50. The van der Waals surface area contributed by atoms with Gasteiger partial charge in [0.25, 0.3) is 0 Å². The topological polar surface area (TPSA) is 52.1 Å². The van der Waals surface area contributed by atoms with E-state index in [1.165, 1.54) is 57.4 Å². The van der Waals surface area contributed by atoms with E-state index in [1.807, 2.05) is 6.07 Å². The zero-order valence-electron chi connectivity index (χ0n) is 19.2. The molecule has 2 N–H and O–H groups in total. The minimum absolute atomic E-state index is 0.413. The van der Waals surface area contributed by atoms with Crippen LogP contribution in [-0.4, -0.2) is 69.8 Å². The van der Waals surface area contributed by atoms with Crippen LogP contribution in [0.4, 0.5) is 5.69 Å². The number of anilines is 1. The molecule has 3 rings (SSSR count). The number of benzene rings is 1. The fourth-order valence-electron chi connectivity index (χ4n) is 4.60. The van der Waals surface area contributed by atoms with Crippen LogP contribution in [0.3, 0.4) is 0 Å². The van der Waals surface area contributed by atoms with Crippen LogP contribution in [0, 0.1) is 5.92 Å². The van der Waals surface area contributed by atoms with Crippen molar-refractivity contribution in [1.82, 2.24) is 15.5 Å². The molecule has 0 aromatic heterocycles. The third-order valence-electron chi connectivity index (χ3n) is 6.49. The number of hydrogen-bond acceptors (Lipinski definition) is 4. The highest BCUT2D eigenvalue weighted by atomic mass is 16.5. The van der Waals surface area contributed by atoms with Gasteiger partial charge in [-0.05, 0) is 76.7 Å². The molecule has 2 fully saturated rings. The fourth-order valence-corrected chi connectivity index (χ4v) is 4.60. The summed E-state index contributed by atoms with van der Waals surface area (Å²) in [6.45, 7) is 12.0. The highest BCUT2D eigenvalue weighted by Crippen LogP contribution is 2.24. The van der Waals surface area contributed by atoms with E-state index in [4.69, 9.17) is 9.73 Å². The van der Waals surface area contributed by atoms with Gasteiger partial charge in [0.1, 0.15) is 5.75 Å². The minimum atomic E-state index is 0.413. The number of methoxy groups -OCH3 is 1. The van der Waals surface area contributed by atoms with Crippen LogP contribution in [0.2, 0.25) is 0 Å². The number of nitrogens with one attached hydrogen (secondary N) is 2. The lowest BCUT2D eigenvalue weighted by Gasteiger charge is -2.35. The van der Waals surface area contributed by atoms with Crippen molar-refractivity contribution in [2.75, 3.05) is 57.8 Å². The predicted molar refractivity (Wildman–Crippen MR) is 127 cm³/mol. The summed E-state index contributed by atoms with van der Waals surface area (Å²) in [5, 5.41) is 7.15. The van der Waals surface area contributed by atoms with Gasteiger partial charge >= 0.3 is 0 Å². The maximum Gasteiger partial charge on any atom is 0.191 e. The first-order chi connectivity index (χ1) is 14.7. The molecule has 1 unspecified atom stereocenters.